The SMILES string of the molecule is CCCN1CCc2nc3ccccc3c(C(=O)OCC(=O)NCC3CCCO3)c2C1. The minimum absolute atomic E-state index is 0.0605. The average molecular weight is 412 g/mol. The Morgan fingerprint density at radius 1 is 1.33 bits per heavy atom. The summed E-state index contributed by atoms with van der Waals surface area (Å²) in [6.07, 6.45) is 3.89. The predicted molar refractivity (Wildman–Crippen MR) is 113 cm³/mol. The van der Waals surface area contributed by atoms with Gasteiger partial charge in [0.25, 0.3) is 5.91 Å². The van der Waals surface area contributed by atoms with E-state index in [-0.39, 0.29) is 18.6 Å². The smallest absolute Gasteiger partial charge is 0.339 e. The van der Waals surface area contributed by atoms with Crippen molar-refractivity contribution in [2.45, 2.75) is 45.3 Å². The molecule has 160 valence electrons. The number of esters is 1. The Bertz CT molecular complexity index is 924. The first-order valence-electron chi connectivity index (χ1n) is 10.8. The topological polar surface area (TPSA) is 80.8 Å². The summed E-state index contributed by atoms with van der Waals surface area (Å²) in [7, 11) is 0. The molecule has 2 aromatic rings. The molecular weight excluding hydrogens is 382 g/mol. The molecule has 30 heavy (non-hydrogen) atoms. The number of benzene rings is 1. The fourth-order valence-electron chi connectivity index (χ4n) is 4.27. The van der Waals surface area contributed by atoms with Crippen molar-refractivity contribution in [1.29, 1.82) is 0 Å². The molecule has 1 N–H and O–H groups in total. The van der Waals surface area contributed by atoms with Crippen molar-refractivity contribution >= 4 is 22.8 Å². The van der Waals surface area contributed by atoms with Gasteiger partial charge in [0.2, 0.25) is 0 Å². The minimum atomic E-state index is -0.463. The largest absolute Gasteiger partial charge is 0.452 e. The molecule has 0 radical (unpaired) electrons. The highest BCUT2D eigenvalue weighted by Crippen LogP contribution is 2.28. The molecule has 2 aliphatic rings. The van der Waals surface area contributed by atoms with Crippen molar-refractivity contribution in [3.05, 3.63) is 41.1 Å². The van der Waals surface area contributed by atoms with E-state index < -0.39 is 5.97 Å². The van der Waals surface area contributed by atoms with Gasteiger partial charge >= 0.3 is 5.97 Å². The van der Waals surface area contributed by atoms with Crippen LogP contribution < -0.4 is 5.32 Å². The van der Waals surface area contributed by atoms with E-state index in [1.165, 1.54) is 0 Å². The molecular formula is C23H29N3O4. The van der Waals surface area contributed by atoms with Crippen molar-refractivity contribution in [2.75, 3.05) is 32.8 Å². The van der Waals surface area contributed by atoms with Crippen LogP contribution in [0.3, 0.4) is 0 Å². The number of carbonyl (C=O) groups excluding carboxylic acids is 2. The van der Waals surface area contributed by atoms with Crippen LogP contribution in [0.4, 0.5) is 0 Å². The molecule has 1 unspecified atom stereocenters. The van der Waals surface area contributed by atoms with Gasteiger partial charge in [-0.25, -0.2) is 4.79 Å². The molecule has 4 rings (SSSR count). The van der Waals surface area contributed by atoms with Gasteiger partial charge in [0.1, 0.15) is 0 Å². The third kappa shape index (κ3) is 4.63. The number of ether oxygens (including phenoxy) is 2. The van der Waals surface area contributed by atoms with E-state index in [4.69, 9.17) is 14.5 Å². The summed E-state index contributed by atoms with van der Waals surface area (Å²) in [4.78, 5) is 32.4. The molecule has 1 saturated heterocycles. The van der Waals surface area contributed by atoms with Crippen LogP contribution in [-0.2, 0) is 27.2 Å². The first-order valence-corrected chi connectivity index (χ1v) is 10.8. The Morgan fingerprint density at radius 3 is 3.00 bits per heavy atom. The summed E-state index contributed by atoms with van der Waals surface area (Å²) in [6.45, 7) is 5.64. The van der Waals surface area contributed by atoms with Crippen LogP contribution >= 0.6 is 0 Å². The average Bonchev–Trinajstić information content (AvgIpc) is 3.28. The number of nitrogens with one attached hydrogen (secondary N) is 1. The lowest BCUT2D eigenvalue weighted by atomic mass is 9.95. The fourth-order valence-corrected chi connectivity index (χ4v) is 4.27. The van der Waals surface area contributed by atoms with Crippen molar-refractivity contribution < 1.29 is 19.1 Å². The first-order chi connectivity index (χ1) is 14.7. The van der Waals surface area contributed by atoms with Crippen LogP contribution in [0.1, 0.15) is 47.8 Å². The van der Waals surface area contributed by atoms with E-state index in [0.29, 0.717) is 18.7 Å². The highest BCUT2D eigenvalue weighted by molar-refractivity contribution is 6.05. The van der Waals surface area contributed by atoms with Crippen LogP contribution in [0.5, 0.6) is 0 Å². The molecule has 0 aliphatic carbocycles. The summed E-state index contributed by atoms with van der Waals surface area (Å²) < 4.78 is 10.9. The van der Waals surface area contributed by atoms with Gasteiger partial charge in [0, 0.05) is 49.3 Å². The van der Waals surface area contributed by atoms with Gasteiger partial charge < -0.3 is 14.8 Å². The summed E-state index contributed by atoms with van der Waals surface area (Å²) >= 11 is 0. The van der Waals surface area contributed by atoms with Crippen molar-refractivity contribution in [2.24, 2.45) is 0 Å². The third-order valence-corrected chi connectivity index (χ3v) is 5.75. The van der Waals surface area contributed by atoms with E-state index in [1.54, 1.807) is 0 Å². The molecule has 2 aliphatic heterocycles. The second-order valence-electron chi connectivity index (χ2n) is 7.97. The van der Waals surface area contributed by atoms with Crippen LogP contribution in [0.2, 0.25) is 0 Å². The van der Waals surface area contributed by atoms with Crippen LogP contribution in [-0.4, -0.2) is 60.7 Å². The van der Waals surface area contributed by atoms with E-state index >= 15 is 0 Å². The molecule has 1 amide bonds. The lowest BCUT2D eigenvalue weighted by Gasteiger charge is -2.29. The minimum Gasteiger partial charge on any atom is -0.452 e. The number of hydrogen-bond acceptors (Lipinski definition) is 6. The zero-order chi connectivity index (χ0) is 20.9. The monoisotopic (exact) mass is 411 g/mol. The molecule has 1 aromatic carbocycles. The molecule has 3 heterocycles. The molecule has 7 nitrogen and oxygen atoms in total. The normalized spacial score (nSPS) is 18.9. The number of carbonyl (C=O) groups is 2. The van der Waals surface area contributed by atoms with Gasteiger partial charge in [-0.15, -0.1) is 0 Å². The van der Waals surface area contributed by atoms with Crippen molar-refractivity contribution in [3.8, 4) is 0 Å². The van der Waals surface area contributed by atoms with E-state index in [1.807, 2.05) is 24.3 Å². The number of para-hydroxylation sites is 1. The maximum atomic E-state index is 13.1. The number of fused-ring (bicyclic) bond motifs is 2. The van der Waals surface area contributed by atoms with Crippen LogP contribution in [0.25, 0.3) is 10.9 Å². The van der Waals surface area contributed by atoms with Crippen LogP contribution in [0, 0.1) is 0 Å². The molecule has 1 fully saturated rings. The predicted octanol–water partition coefficient (Wildman–Crippen LogP) is 2.45. The summed E-state index contributed by atoms with van der Waals surface area (Å²) in [5.41, 5.74) is 3.22. The number of hydrogen-bond donors (Lipinski definition) is 1. The highest BCUT2D eigenvalue weighted by Gasteiger charge is 2.27. The standard InChI is InChI=1S/C23H29N3O4/c1-2-10-26-11-9-20-18(14-26)22(17-7-3-4-8-19(17)25-20)23(28)30-15-21(27)24-13-16-6-5-12-29-16/h3-4,7-8,16H,2,5-6,9-15H2,1H3,(H,24,27). The van der Waals surface area contributed by atoms with Gasteiger partial charge in [-0.05, 0) is 31.9 Å². The van der Waals surface area contributed by atoms with Gasteiger partial charge in [0.05, 0.1) is 17.2 Å². The highest BCUT2D eigenvalue weighted by atomic mass is 16.5. The van der Waals surface area contributed by atoms with Crippen molar-refractivity contribution in [3.63, 3.8) is 0 Å². The van der Waals surface area contributed by atoms with E-state index in [2.05, 4.69) is 17.1 Å². The van der Waals surface area contributed by atoms with Crippen LogP contribution in [0.15, 0.2) is 24.3 Å². The number of aromatic nitrogens is 1. The fraction of sp³-hybridized carbons (Fsp3) is 0.522. The van der Waals surface area contributed by atoms with E-state index in [9.17, 15) is 9.59 Å². The van der Waals surface area contributed by atoms with Gasteiger partial charge in [-0.2, -0.15) is 0 Å². The summed E-state index contributed by atoms with van der Waals surface area (Å²) in [6, 6.07) is 7.63. The Morgan fingerprint density at radius 2 is 2.20 bits per heavy atom. The Kier molecular flexibility index (Phi) is 6.59. The second kappa shape index (κ2) is 9.53. The maximum absolute atomic E-state index is 13.1. The lowest BCUT2D eigenvalue weighted by molar-refractivity contribution is -0.124. The number of amides is 1. The zero-order valence-electron chi connectivity index (χ0n) is 17.5. The molecule has 0 saturated carbocycles. The quantitative estimate of drug-likeness (QED) is 0.705. The molecule has 0 bridgehead atoms. The molecule has 0 spiro atoms. The molecule has 1 aromatic heterocycles. The summed E-state index contributed by atoms with van der Waals surface area (Å²) in [5, 5.41) is 3.57. The van der Waals surface area contributed by atoms with Gasteiger partial charge in [-0.1, -0.05) is 25.1 Å². The van der Waals surface area contributed by atoms with Crippen molar-refractivity contribution in [1.82, 2.24) is 15.2 Å². The van der Waals surface area contributed by atoms with E-state index in [0.717, 1.165) is 67.5 Å². The number of rotatable bonds is 7. The second-order valence-corrected chi connectivity index (χ2v) is 7.97. The Labute approximate surface area is 176 Å². The molecule has 1 atom stereocenters. The third-order valence-electron chi connectivity index (χ3n) is 5.75. The Hall–Kier alpha value is -2.51. The van der Waals surface area contributed by atoms with Gasteiger partial charge in [0.15, 0.2) is 6.61 Å². The number of nitrogens with zero attached hydrogens (tertiary/aromatic N) is 2. The Balaban J connectivity index is 1.50. The zero-order valence-corrected chi connectivity index (χ0v) is 17.5. The van der Waals surface area contributed by atoms with Gasteiger partial charge in [-0.3, -0.25) is 14.7 Å². The first kappa shape index (κ1) is 20.8. The number of pyridine rings is 1. The lowest BCUT2D eigenvalue weighted by Crippen LogP contribution is -2.35. The summed E-state index contributed by atoms with van der Waals surface area (Å²) in [5.74, 6) is -0.769. The maximum Gasteiger partial charge on any atom is 0.339 e. The molecule has 7 heteroatoms.